The van der Waals surface area contributed by atoms with Gasteiger partial charge in [-0.2, -0.15) is 8.91 Å². The molecule has 5 rings (SSSR count). The first-order valence-corrected chi connectivity index (χ1v) is 14.4. The van der Waals surface area contributed by atoms with Crippen LogP contribution in [0.25, 0.3) is 27.9 Å². The lowest BCUT2D eigenvalue weighted by Gasteiger charge is -2.16. The van der Waals surface area contributed by atoms with Gasteiger partial charge in [0.05, 0.1) is 17.5 Å². The highest BCUT2D eigenvalue weighted by Gasteiger charge is 2.44. The van der Waals surface area contributed by atoms with Crippen LogP contribution in [0.2, 0.25) is 0 Å². The van der Waals surface area contributed by atoms with Crippen LogP contribution in [0.3, 0.4) is 0 Å². The molecule has 208 valence electrons. The number of nitrogens with zero attached hydrogens (tertiary/aromatic N) is 2. The van der Waals surface area contributed by atoms with Gasteiger partial charge in [0.25, 0.3) is 0 Å². The Morgan fingerprint density at radius 3 is 2.60 bits per heavy atom. The van der Waals surface area contributed by atoms with Crippen molar-refractivity contribution in [2.45, 2.75) is 63.3 Å². The Kier molecular flexibility index (Phi) is 8.42. The number of unbranched alkanes of at least 4 members (excludes halogenated alkanes) is 2. The molecule has 0 amide bonds. The van der Waals surface area contributed by atoms with Crippen LogP contribution >= 0.6 is 12.0 Å². The Morgan fingerprint density at radius 2 is 1.82 bits per heavy atom. The van der Waals surface area contributed by atoms with E-state index >= 15 is 0 Å². The fourth-order valence-electron chi connectivity index (χ4n) is 5.91. The second-order valence-corrected chi connectivity index (χ2v) is 11.4. The third kappa shape index (κ3) is 5.45. The molecule has 1 aromatic heterocycles. The van der Waals surface area contributed by atoms with Crippen LogP contribution in [-0.2, 0) is 26.1 Å². The Morgan fingerprint density at radius 1 is 1.02 bits per heavy atom. The van der Waals surface area contributed by atoms with Gasteiger partial charge in [0, 0.05) is 63.8 Å². The fourth-order valence-corrected chi connectivity index (χ4v) is 6.31. The molecular weight excluding hydrogens is 524 g/mol. The number of carbonyl (C=O) groups is 1. The largest absolute Gasteiger partial charge is 0.691 e. The molecule has 0 saturated heterocycles. The van der Waals surface area contributed by atoms with Crippen LogP contribution in [0.1, 0.15) is 57.6 Å². The summed E-state index contributed by atoms with van der Waals surface area (Å²) in [5.41, 5.74) is 6.72. The van der Waals surface area contributed by atoms with E-state index in [1.54, 1.807) is 0 Å². The first-order chi connectivity index (χ1) is 19.3. The van der Waals surface area contributed by atoms with Crippen molar-refractivity contribution >= 4 is 57.3 Å². The minimum Gasteiger partial charge on any atom is -0.691 e. The number of allylic oxidation sites excluding steroid dienone is 1. The van der Waals surface area contributed by atoms with E-state index in [0.29, 0.717) is 6.42 Å². The molecule has 7 nitrogen and oxygen atoms in total. The number of benzene rings is 3. The molecular formula is C32H34N2O5S. The van der Waals surface area contributed by atoms with Crippen LogP contribution in [0, 0.1) is 0 Å². The highest BCUT2D eigenvalue weighted by atomic mass is 32.2. The molecule has 0 saturated carbocycles. The third-order valence-electron chi connectivity index (χ3n) is 7.84. The molecule has 8 heteroatoms. The lowest BCUT2D eigenvalue weighted by atomic mass is 9.81. The van der Waals surface area contributed by atoms with Crippen molar-refractivity contribution in [3.8, 4) is 0 Å². The van der Waals surface area contributed by atoms with Crippen LogP contribution < -0.4 is 5.26 Å². The SMILES string of the molecule is CCn1c2ccccc2c2cc(/C=C/C3=[N+](CCCCCC(=O)O)c4ccc(SOO[O-])cc4C3(C)C)ccc21. The van der Waals surface area contributed by atoms with Gasteiger partial charge in [-0.1, -0.05) is 24.3 Å². The molecule has 0 spiro atoms. The van der Waals surface area contributed by atoms with Gasteiger partial charge in [-0.05, 0) is 75.6 Å². The van der Waals surface area contributed by atoms with E-state index in [4.69, 9.17) is 5.11 Å². The van der Waals surface area contributed by atoms with E-state index in [9.17, 15) is 10.1 Å². The zero-order valence-corrected chi connectivity index (χ0v) is 23.9. The summed E-state index contributed by atoms with van der Waals surface area (Å²) < 4.78 is 9.26. The third-order valence-corrected chi connectivity index (χ3v) is 8.41. The smallest absolute Gasteiger partial charge is 0.303 e. The molecule has 0 atom stereocenters. The number of aryl methyl sites for hydroxylation is 1. The average Bonchev–Trinajstić information content (AvgIpc) is 3.37. The predicted molar refractivity (Wildman–Crippen MR) is 158 cm³/mol. The predicted octanol–water partition coefficient (Wildman–Crippen LogP) is 6.78. The molecule has 2 heterocycles. The second kappa shape index (κ2) is 12.0. The van der Waals surface area contributed by atoms with E-state index < -0.39 is 5.97 Å². The lowest BCUT2D eigenvalue weighted by Crippen LogP contribution is -2.28. The van der Waals surface area contributed by atoms with Crippen molar-refractivity contribution in [1.29, 1.82) is 0 Å². The topological polar surface area (TPSA) is 86.8 Å². The molecule has 40 heavy (non-hydrogen) atoms. The summed E-state index contributed by atoms with van der Waals surface area (Å²) in [4.78, 5) is 11.7. The van der Waals surface area contributed by atoms with Gasteiger partial charge >= 0.3 is 5.97 Å². The van der Waals surface area contributed by atoms with Crippen LogP contribution in [0.5, 0.6) is 0 Å². The van der Waals surface area contributed by atoms with Crippen molar-refractivity contribution in [1.82, 2.24) is 4.57 Å². The van der Waals surface area contributed by atoms with Gasteiger partial charge in [0.2, 0.25) is 5.69 Å². The van der Waals surface area contributed by atoms with Crippen molar-refractivity contribution in [2.24, 2.45) is 0 Å². The summed E-state index contributed by atoms with van der Waals surface area (Å²) in [6.07, 6.45) is 6.97. The molecule has 0 radical (unpaired) electrons. The van der Waals surface area contributed by atoms with E-state index in [-0.39, 0.29) is 11.8 Å². The number of carboxylic acid groups (broad SMARTS) is 1. The molecule has 0 bridgehead atoms. The van der Waals surface area contributed by atoms with E-state index in [1.807, 2.05) is 12.1 Å². The summed E-state index contributed by atoms with van der Waals surface area (Å²) >= 11 is 0.895. The monoisotopic (exact) mass is 558 g/mol. The molecule has 1 aliphatic heterocycles. The summed E-state index contributed by atoms with van der Waals surface area (Å²) in [6, 6.07) is 21.2. The first kappa shape index (κ1) is 28.1. The Bertz CT molecular complexity index is 1620. The maximum absolute atomic E-state index is 11.0. The molecule has 4 aromatic rings. The average molecular weight is 559 g/mol. The van der Waals surface area contributed by atoms with Crippen LogP contribution in [0.4, 0.5) is 5.69 Å². The van der Waals surface area contributed by atoms with Gasteiger partial charge in [-0.15, -0.1) is 0 Å². The summed E-state index contributed by atoms with van der Waals surface area (Å²) in [5, 5.41) is 25.4. The van der Waals surface area contributed by atoms with E-state index in [2.05, 4.69) is 100.0 Å². The molecule has 1 N–H and O–H groups in total. The Labute approximate surface area is 238 Å². The molecule has 0 fully saturated rings. The number of hydrogen-bond donors (Lipinski definition) is 1. The molecule has 0 unspecified atom stereocenters. The summed E-state index contributed by atoms with van der Waals surface area (Å²) in [5.74, 6) is -0.754. The summed E-state index contributed by atoms with van der Waals surface area (Å²) in [6.45, 7) is 8.28. The van der Waals surface area contributed by atoms with Crippen LogP contribution in [-0.4, -0.2) is 32.5 Å². The van der Waals surface area contributed by atoms with Crippen molar-refractivity contribution in [2.75, 3.05) is 6.54 Å². The van der Waals surface area contributed by atoms with Crippen molar-refractivity contribution in [3.05, 3.63) is 77.9 Å². The zero-order valence-electron chi connectivity index (χ0n) is 23.1. The quantitative estimate of drug-likeness (QED) is 0.0678. The minimum absolute atomic E-state index is 0.192. The van der Waals surface area contributed by atoms with Crippen molar-refractivity contribution < 1.29 is 29.1 Å². The minimum atomic E-state index is -0.754. The number of carboxylic acids is 1. The van der Waals surface area contributed by atoms with Gasteiger partial charge in [-0.25, -0.2) is 0 Å². The number of fused-ring (bicyclic) bond motifs is 4. The second-order valence-electron chi connectivity index (χ2n) is 10.6. The molecule has 1 aliphatic rings. The number of para-hydroxylation sites is 1. The number of aliphatic carboxylic acids is 1. The van der Waals surface area contributed by atoms with Gasteiger partial charge in [0.1, 0.15) is 6.54 Å². The Hall–Kier alpha value is -3.43. The maximum Gasteiger partial charge on any atom is 0.303 e. The lowest BCUT2D eigenvalue weighted by molar-refractivity contribution is -0.777. The van der Waals surface area contributed by atoms with Crippen LogP contribution in [0.15, 0.2) is 71.6 Å². The maximum atomic E-state index is 11.0. The zero-order chi connectivity index (χ0) is 28.3. The number of rotatable bonds is 12. The number of hydrogen-bond acceptors (Lipinski definition) is 5. The van der Waals surface area contributed by atoms with E-state index in [0.717, 1.165) is 59.7 Å². The molecule has 0 aliphatic carbocycles. The fraction of sp³-hybridized carbons (Fsp3) is 0.312. The number of aromatic nitrogens is 1. The van der Waals surface area contributed by atoms with Gasteiger partial charge in [0.15, 0.2) is 5.71 Å². The van der Waals surface area contributed by atoms with Gasteiger partial charge in [-0.3, -0.25) is 9.83 Å². The standard InChI is InChI=1S/C32H34N2O5S/c1-4-33-27-11-8-7-10-24(27)25-20-22(13-16-28(25)33)14-18-30-32(2,3)26-21-23(40-39-38-37)15-17-29(26)34(30)19-9-5-6-12-31(35)36/h7-8,10-11,13-18,20-21H,4-6,9,12,19H2,1-3H3,(H-,35,36,37). The van der Waals surface area contributed by atoms with Gasteiger partial charge < -0.3 is 14.9 Å². The highest BCUT2D eigenvalue weighted by molar-refractivity contribution is 7.94. The van der Waals surface area contributed by atoms with Crippen molar-refractivity contribution in [3.63, 3.8) is 0 Å². The summed E-state index contributed by atoms with van der Waals surface area (Å²) in [7, 11) is 0. The van der Waals surface area contributed by atoms with E-state index in [1.165, 1.54) is 27.5 Å². The molecule has 3 aromatic carbocycles. The normalized spacial score (nSPS) is 14.6. The highest BCUT2D eigenvalue weighted by Crippen LogP contribution is 2.42. The Balaban J connectivity index is 1.51. The first-order valence-electron chi connectivity index (χ1n) is 13.7.